The van der Waals surface area contributed by atoms with Crippen LogP contribution in [-0.2, 0) is 13.5 Å². The minimum absolute atomic E-state index is 0.208. The molecule has 92 valence electrons. The molecular weight excluding hydrogens is 266 g/mol. The molecule has 0 bridgehead atoms. The van der Waals surface area contributed by atoms with Crippen molar-refractivity contribution in [2.75, 3.05) is 6.54 Å². The summed E-state index contributed by atoms with van der Waals surface area (Å²) >= 11 is 3.59. The molecule has 1 rings (SSSR count). The molecule has 0 saturated carbocycles. The van der Waals surface area contributed by atoms with E-state index in [-0.39, 0.29) is 5.54 Å². The van der Waals surface area contributed by atoms with Crippen molar-refractivity contribution in [3.05, 3.63) is 15.9 Å². The Bertz CT molecular complexity index is 350. The summed E-state index contributed by atoms with van der Waals surface area (Å²) in [5.41, 5.74) is 2.56. The third-order valence-corrected chi connectivity index (χ3v) is 3.54. The maximum atomic E-state index is 4.39. The fourth-order valence-corrected chi connectivity index (χ4v) is 2.21. The van der Waals surface area contributed by atoms with Gasteiger partial charge in [-0.1, -0.05) is 0 Å². The van der Waals surface area contributed by atoms with Gasteiger partial charge in [0.2, 0.25) is 0 Å². The minimum Gasteiger partial charge on any atom is -0.312 e. The number of rotatable bonds is 4. The van der Waals surface area contributed by atoms with Crippen molar-refractivity contribution in [3.63, 3.8) is 0 Å². The lowest BCUT2D eigenvalue weighted by atomic mass is 10.1. The maximum Gasteiger partial charge on any atom is 0.0738 e. The summed E-state index contributed by atoms with van der Waals surface area (Å²) in [6.07, 6.45) is 2.19. The first-order chi connectivity index (χ1) is 7.31. The molecule has 0 spiro atoms. The van der Waals surface area contributed by atoms with Gasteiger partial charge in [0.1, 0.15) is 0 Å². The van der Waals surface area contributed by atoms with E-state index >= 15 is 0 Å². The standard InChI is InChI=1S/C12H22BrN3/c1-9-11(13)10(16(5)15-9)7-6-8-14-12(2,3)4/h14H,6-8H2,1-5H3. The molecule has 4 heteroatoms. The van der Waals surface area contributed by atoms with Crippen LogP contribution in [0.4, 0.5) is 0 Å². The molecule has 0 aliphatic carbocycles. The van der Waals surface area contributed by atoms with Gasteiger partial charge in [-0.2, -0.15) is 5.10 Å². The van der Waals surface area contributed by atoms with Crippen LogP contribution in [0.1, 0.15) is 38.6 Å². The highest BCUT2D eigenvalue weighted by atomic mass is 79.9. The van der Waals surface area contributed by atoms with E-state index in [1.165, 1.54) is 5.69 Å². The third kappa shape index (κ3) is 3.91. The third-order valence-electron chi connectivity index (χ3n) is 2.51. The molecule has 0 saturated heterocycles. The maximum absolute atomic E-state index is 4.39. The van der Waals surface area contributed by atoms with Crippen molar-refractivity contribution < 1.29 is 0 Å². The van der Waals surface area contributed by atoms with Crippen LogP contribution in [0.15, 0.2) is 4.47 Å². The highest BCUT2D eigenvalue weighted by Crippen LogP contribution is 2.21. The second kappa shape index (κ2) is 5.32. The summed E-state index contributed by atoms with van der Waals surface area (Å²) in [5.74, 6) is 0. The molecule has 0 aliphatic rings. The van der Waals surface area contributed by atoms with Crippen molar-refractivity contribution in [3.8, 4) is 0 Å². The van der Waals surface area contributed by atoms with Crippen LogP contribution in [0.25, 0.3) is 0 Å². The zero-order chi connectivity index (χ0) is 12.3. The van der Waals surface area contributed by atoms with E-state index < -0.39 is 0 Å². The van der Waals surface area contributed by atoms with Crippen LogP contribution < -0.4 is 5.32 Å². The Balaban J connectivity index is 2.43. The van der Waals surface area contributed by atoms with Crippen LogP contribution >= 0.6 is 15.9 Å². The molecule has 0 amide bonds. The molecule has 1 aromatic heterocycles. The normalized spacial score (nSPS) is 12.1. The molecule has 0 aliphatic heterocycles. The largest absolute Gasteiger partial charge is 0.312 e. The lowest BCUT2D eigenvalue weighted by Gasteiger charge is -2.20. The van der Waals surface area contributed by atoms with Gasteiger partial charge < -0.3 is 5.32 Å². The predicted molar refractivity (Wildman–Crippen MR) is 71.7 cm³/mol. The average molecular weight is 288 g/mol. The Kier molecular flexibility index (Phi) is 4.56. The molecule has 0 radical (unpaired) electrons. The zero-order valence-electron chi connectivity index (χ0n) is 10.9. The Morgan fingerprint density at radius 3 is 2.44 bits per heavy atom. The highest BCUT2D eigenvalue weighted by Gasteiger charge is 2.11. The number of nitrogens with one attached hydrogen (secondary N) is 1. The summed E-state index contributed by atoms with van der Waals surface area (Å²) in [5, 5.41) is 7.88. The summed E-state index contributed by atoms with van der Waals surface area (Å²) < 4.78 is 3.13. The molecule has 0 unspecified atom stereocenters. The van der Waals surface area contributed by atoms with Crippen molar-refractivity contribution in [2.24, 2.45) is 7.05 Å². The summed E-state index contributed by atoms with van der Waals surface area (Å²) in [6, 6.07) is 0. The van der Waals surface area contributed by atoms with Crippen LogP contribution in [0.2, 0.25) is 0 Å². The van der Waals surface area contributed by atoms with Gasteiger partial charge in [-0.3, -0.25) is 4.68 Å². The van der Waals surface area contributed by atoms with E-state index in [2.05, 4.69) is 47.1 Å². The monoisotopic (exact) mass is 287 g/mol. The lowest BCUT2D eigenvalue weighted by Crippen LogP contribution is -2.36. The fourth-order valence-electron chi connectivity index (χ4n) is 1.67. The van der Waals surface area contributed by atoms with Crippen LogP contribution in [0, 0.1) is 6.92 Å². The molecular formula is C12H22BrN3. The van der Waals surface area contributed by atoms with Gasteiger partial charge in [0, 0.05) is 12.6 Å². The van der Waals surface area contributed by atoms with Crippen LogP contribution in [-0.4, -0.2) is 21.9 Å². The van der Waals surface area contributed by atoms with Gasteiger partial charge in [-0.15, -0.1) is 0 Å². The predicted octanol–water partition coefficient (Wildman–Crippen LogP) is 2.81. The number of halogens is 1. The Hall–Kier alpha value is -0.350. The second-order valence-corrected chi connectivity index (χ2v) is 6.04. The number of aromatic nitrogens is 2. The lowest BCUT2D eigenvalue weighted by molar-refractivity contribution is 0.421. The highest BCUT2D eigenvalue weighted by molar-refractivity contribution is 9.10. The first kappa shape index (κ1) is 13.7. The molecule has 1 aromatic rings. The van der Waals surface area contributed by atoms with E-state index in [0.29, 0.717) is 0 Å². The van der Waals surface area contributed by atoms with Crippen molar-refractivity contribution >= 4 is 15.9 Å². The van der Waals surface area contributed by atoms with Gasteiger partial charge in [0.05, 0.1) is 15.9 Å². The Labute approximate surface area is 107 Å². The first-order valence-electron chi connectivity index (χ1n) is 5.74. The van der Waals surface area contributed by atoms with Gasteiger partial charge in [-0.25, -0.2) is 0 Å². The van der Waals surface area contributed by atoms with E-state index in [4.69, 9.17) is 0 Å². The number of aryl methyl sites for hydroxylation is 2. The number of hydrogen-bond acceptors (Lipinski definition) is 2. The topological polar surface area (TPSA) is 29.9 Å². The molecule has 16 heavy (non-hydrogen) atoms. The number of nitrogens with zero attached hydrogens (tertiary/aromatic N) is 2. The number of hydrogen-bond donors (Lipinski definition) is 1. The van der Waals surface area contributed by atoms with E-state index in [0.717, 1.165) is 29.6 Å². The summed E-state index contributed by atoms with van der Waals surface area (Å²) in [4.78, 5) is 0. The van der Waals surface area contributed by atoms with Crippen molar-refractivity contribution in [1.82, 2.24) is 15.1 Å². The van der Waals surface area contributed by atoms with E-state index in [1.54, 1.807) is 0 Å². The minimum atomic E-state index is 0.208. The van der Waals surface area contributed by atoms with Gasteiger partial charge in [-0.05, 0) is 63.0 Å². The molecule has 1 N–H and O–H groups in total. The molecule has 0 fully saturated rings. The van der Waals surface area contributed by atoms with Crippen LogP contribution in [0.3, 0.4) is 0 Å². The SMILES string of the molecule is Cc1nn(C)c(CCCNC(C)(C)C)c1Br. The summed E-state index contributed by atoms with van der Waals surface area (Å²) in [7, 11) is 2.00. The average Bonchev–Trinajstić information content (AvgIpc) is 2.36. The Morgan fingerprint density at radius 2 is 2.00 bits per heavy atom. The fraction of sp³-hybridized carbons (Fsp3) is 0.750. The van der Waals surface area contributed by atoms with Crippen molar-refractivity contribution in [2.45, 2.75) is 46.1 Å². The molecule has 3 nitrogen and oxygen atoms in total. The smallest absolute Gasteiger partial charge is 0.0738 e. The van der Waals surface area contributed by atoms with Gasteiger partial charge >= 0.3 is 0 Å². The van der Waals surface area contributed by atoms with Gasteiger partial charge in [0.15, 0.2) is 0 Å². The van der Waals surface area contributed by atoms with E-state index in [9.17, 15) is 0 Å². The molecule has 0 aromatic carbocycles. The van der Waals surface area contributed by atoms with Crippen molar-refractivity contribution in [1.29, 1.82) is 0 Å². The first-order valence-corrected chi connectivity index (χ1v) is 6.53. The van der Waals surface area contributed by atoms with E-state index in [1.807, 2.05) is 18.7 Å². The second-order valence-electron chi connectivity index (χ2n) is 5.25. The molecule has 0 atom stereocenters. The van der Waals surface area contributed by atoms with Crippen LogP contribution in [0.5, 0.6) is 0 Å². The summed E-state index contributed by atoms with van der Waals surface area (Å²) in [6.45, 7) is 9.65. The Morgan fingerprint density at radius 1 is 1.38 bits per heavy atom. The van der Waals surface area contributed by atoms with Gasteiger partial charge in [0.25, 0.3) is 0 Å². The molecule has 1 heterocycles. The zero-order valence-corrected chi connectivity index (χ0v) is 12.5. The quantitative estimate of drug-likeness (QED) is 0.863.